The van der Waals surface area contributed by atoms with Crippen molar-refractivity contribution in [2.24, 2.45) is 7.05 Å². The summed E-state index contributed by atoms with van der Waals surface area (Å²) in [7, 11) is 1.94. The highest BCUT2D eigenvalue weighted by Gasteiger charge is 2.22. The molecule has 3 rings (SSSR count). The molecule has 21 heavy (non-hydrogen) atoms. The Morgan fingerprint density at radius 2 is 2.19 bits per heavy atom. The van der Waals surface area contributed by atoms with Crippen molar-refractivity contribution in [3.63, 3.8) is 0 Å². The summed E-state index contributed by atoms with van der Waals surface area (Å²) in [5.41, 5.74) is 2.36. The second-order valence-electron chi connectivity index (χ2n) is 5.21. The Hall–Kier alpha value is -2.01. The average molecular weight is 287 g/mol. The molecule has 0 aliphatic carbocycles. The fourth-order valence-corrected chi connectivity index (χ4v) is 2.72. The van der Waals surface area contributed by atoms with Gasteiger partial charge in [-0.1, -0.05) is 19.1 Å². The van der Waals surface area contributed by atoms with Gasteiger partial charge in [0.25, 0.3) is 0 Å². The monoisotopic (exact) mass is 287 g/mol. The van der Waals surface area contributed by atoms with Gasteiger partial charge in [-0.3, -0.25) is 4.68 Å². The molecule has 2 aromatic rings. The van der Waals surface area contributed by atoms with E-state index in [9.17, 15) is 0 Å². The van der Waals surface area contributed by atoms with Gasteiger partial charge in [0.15, 0.2) is 11.5 Å². The van der Waals surface area contributed by atoms with Crippen molar-refractivity contribution in [1.29, 1.82) is 0 Å². The Labute approximate surface area is 124 Å². The van der Waals surface area contributed by atoms with Gasteiger partial charge in [0, 0.05) is 24.8 Å². The number of fused-ring (bicyclic) bond motifs is 1. The summed E-state index contributed by atoms with van der Waals surface area (Å²) in [6.07, 6.45) is 4.84. The number of nitrogens with one attached hydrogen (secondary N) is 1. The zero-order chi connectivity index (χ0) is 14.7. The molecule has 0 spiro atoms. The van der Waals surface area contributed by atoms with Crippen molar-refractivity contribution >= 4 is 0 Å². The van der Waals surface area contributed by atoms with Crippen molar-refractivity contribution in [3.05, 3.63) is 41.7 Å². The molecule has 5 nitrogen and oxygen atoms in total. The molecule has 1 atom stereocenters. The second-order valence-corrected chi connectivity index (χ2v) is 5.21. The van der Waals surface area contributed by atoms with Gasteiger partial charge in [0.2, 0.25) is 0 Å². The summed E-state index contributed by atoms with van der Waals surface area (Å²) < 4.78 is 13.3. The number of para-hydroxylation sites is 1. The number of ether oxygens (including phenoxy) is 2. The molecule has 1 aromatic carbocycles. The van der Waals surface area contributed by atoms with Crippen LogP contribution in [0.3, 0.4) is 0 Å². The zero-order valence-electron chi connectivity index (χ0n) is 12.5. The number of benzene rings is 1. The van der Waals surface area contributed by atoms with E-state index in [1.807, 2.05) is 30.1 Å². The maximum Gasteiger partial charge on any atom is 0.166 e. The minimum atomic E-state index is 0.191. The quantitative estimate of drug-likeness (QED) is 0.915. The lowest BCUT2D eigenvalue weighted by Gasteiger charge is -2.25. The van der Waals surface area contributed by atoms with Crippen LogP contribution < -0.4 is 14.8 Å². The van der Waals surface area contributed by atoms with E-state index in [1.54, 1.807) is 0 Å². The van der Waals surface area contributed by atoms with E-state index >= 15 is 0 Å². The van der Waals surface area contributed by atoms with Gasteiger partial charge in [0.05, 0.1) is 6.20 Å². The maximum atomic E-state index is 5.84. The van der Waals surface area contributed by atoms with Gasteiger partial charge in [-0.05, 0) is 24.6 Å². The summed E-state index contributed by atoms with van der Waals surface area (Å²) in [5.74, 6) is 1.71. The Bertz CT molecular complexity index is 609. The molecule has 1 aliphatic rings. The highest BCUT2D eigenvalue weighted by Crippen LogP contribution is 2.37. The van der Waals surface area contributed by atoms with Gasteiger partial charge in [0.1, 0.15) is 13.2 Å². The number of likely N-dealkylation sites (N-methyl/N-ethyl adjacent to an activating group) is 1. The first-order chi connectivity index (χ1) is 10.3. The highest BCUT2D eigenvalue weighted by atomic mass is 16.6. The lowest BCUT2D eigenvalue weighted by molar-refractivity contribution is 0.168. The van der Waals surface area contributed by atoms with Crippen LogP contribution in [0, 0.1) is 0 Å². The molecular weight excluding hydrogens is 266 g/mol. The fraction of sp³-hybridized carbons (Fsp3) is 0.438. The minimum absolute atomic E-state index is 0.191. The number of aryl methyl sites for hydroxylation is 1. The number of nitrogens with zero attached hydrogens (tertiary/aromatic N) is 2. The van der Waals surface area contributed by atoms with Crippen molar-refractivity contribution < 1.29 is 9.47 Å². The standard InChI is InChI=1S/C16H21N3O2/c1-3-17-14(9-12-10-18-19(2)11-12)13-5-4-6-15-16(13)21-8-7-20-15/h4-6,10-11,14,17H,3,7-9H2,1-2H3. The second kappa shape index (κ2) is 6.18. The Kier molecular flexibility index (Phi) is 4.10. The topological polar surface area (TPSA) is 48.3 Å². The molecule has 1 aliphatic heterocycles. The van der Waals surface area contributed by atoms with Crippen LogP contribution >= 0.6 is 0 Å². The van der Waals surface area contributed by atoms with Crippen LogP contribution in [0.5, 0.6) is 11.5 Å². The first kappa shape index (κ1) is 13.9. The van der Waals surface area contributed by atoms with E-state index < -0.39 is 0 Å². The molecule has 1 unspecified atom stereocenters. The Morgan fingerprint density at radius 3 is 2.95 bits per heavy atom. The van der Waals surface area contributed by atoms with Crippen molar-refractivity contribution in [3.8, 4) is 11.5 Å². The van der Waals surface area contributed by atoms with Gasteiger partial charge < -0.3 is 14.8 Å². The normalized spacial score (nSPS) is 15.0. The third-order valence-electron chi connectivity index (χ3n) is 3.62. The fourth-order valence-electron chi connectivity index (χ4n) is 2.72. The summed E-state index contributed by atoms with van der Waals surface area (Å²) in [6, 6.07) is 6.29. The molecule has 112 valence electrons. The van der Waals surface area contributed by atoms with E-state index in [4.69, 9.17) is 9.47 Å². The molecule has 0 amide bonds. The van der Waals surface area contributed by atoms with Crippen LogP contribution in [-0.4, -0.2) is 29.5 Å². The summed E-state index contributed by atoms with van der Waals surface area (Å²) in [4.78, 5) is 0. The molecule has 0 radical (unpaired) electrons. The molecule has 2 heterocycles. The van der Waals surface area contributed by atoms with Crippen LogP contribution in [0.15, 0.2) is 30.6 Å². The first-order valence-electron chi connectivity index (χ1n) is 7.37. The Morgan fingerprint density at radius 1 is 1.33 bits per heavy atom. The van der Waals surface area contributed by atoms with Crippen LogP contribution in [-0.2, 0) is 13.5 Å². The molecule has 0 fully saturated rings. The van der Waals surface area contributed by atoms with E-state index in [2.05, 4.69) is 29.6 Å². The molecule has 0 bridgehead atoms. The van der Waals surface area contributed by atoms with Crippen molar-refractivity contribution in [2.45, 2.75) is 19.4 Å². The van der Waals surface area contributed by atoms with Crippen molar-refractivity contribution in [1.82, 2.24) is 15.1 Å². The van der Waals surface area contributed by atoms with Gasteiger partial charge in [-0.25, -0.2) is 0 Å². The van der Waals surface area contributed by atoms with Crippen LogP contribution in [0.2, 0.25) is 0 Å². The van der Waals surface area contributed by atoms with Crippen LogP contribution in [0.4, 0.5) is 0 Å². The number of aromatic nitrogens is 2. The van der Waals surface area contributed by atoms with E-state index in [-0.39, 0.29) is 6.04 Å². The van der Waals surface area contributed by atoms with E-state index in [0.29, 0.717) is 13.2 Å². The number of hydrogen-bond acceptors (Lipinski definition) is 4. The lowest BCUT2D eigenvalue weighted by atomic mass is 9.99. The highest BCUT2D eigenvalue weighted by molar-refractivity contribution is 5.49. The predicted octanol–water partition coefficient (Wildman–Crippen LogP) is 2.08. The summed E-state index contributed by atoms with van der Waals surface area (Å²) in [6.45, 7) is 4.24. The van der Waals surface area contributed by atoms with Gasteiger partial charge >= 0.3 is 0 Å². The van der Waals surface area contributed by atoms with E-state index in [1.165, 1.54) is 5.56 Å². The smallest absolute Gasteiger partial charge is 0.166 e. The average Bonchev–Trinajstić information content (AvgIpc) is 2.91. The molecule has 1 N–H and O–H groups in total. The van der Waals surface area contributed by atoms with Crippen molar-refractivity contribution in [2.75, 3.05) is 19.8 Å². The lowest BCUT2D eigenvalue weighted by Crippen LogP contribution is -2.25. The molecule has 0 saturated heterocycles. The number of rotatable bonds is 5. The summed E-state index contributed by atoms with van der Waals surface area (Å²) >= 11 is 0. The molecular formula is C16H21N3O2. The SMILES string of the molecule is CCNC(Cc1cnn(C)c1)c1cccc2c1OCCO2. The van der Waals surface area contributed by atoms with E-state index in [0.717, 1.165) is 30.0 Å². The van der Waals surface area contributed by atoms with Gasteiger partial charge in [-0.15, -0.1) is 0 Å². The maximum absolute atomic E-state index is 5.84. The predicted molar refractivity (Wildman–Crippen MR) is 80.8 cm³/mol. The molecule has 5 heteroatoms. The van der Waals surface area contributed by atoms with Crippen LogP contribution in [0.25, 0.3) is 0 Å². The summed E-state index contributed by atoms with van der Waals surface area (Å²) in [5, 5.41) is 7.78. The minimum Gasteiger partial charge on any atom is -0.486 e. The third kappa shape index (κ3) is 3.03. The Balaban J connectivity index is 1.90. The first-order valence-corrected chi connectivity index (χ1v) is 7.37. The zero-order valence-corrected chi connectivity index (χ0v) is 12.5. The van der Waals surface area contributed by atoms with Gasteiger partial charge in [-0.2, -0.15) is 5.10 Å². The number of hydrogen-bond donors (Lipinski definition) is 1. The van der Waals surface area contributed by atoms with Crippen LogP contribution in [0.1, 0.15) is 24.1 Å². The molecule has 1 aromatic heterocycles. The third-order valence-corrected chi connectivity index (χ3v) is 3.62. The molecule has 0 saturated carbocycles. The largest absolute Gasteiger partial charge is 0.486 e.